The highest BCUT2D eigenvalue weighted by molar-refractivity contribution is 5.99. The van der Waals surface area contributed by atoms with Crippen molar-refractivity contribution in [1.82, 2.24) is 4.90 Å². The summed E-state index contributed by atoms with van der Waals surface area (Å²) < 4.78 is 12.9. The molecule has 31 heavy (non-hydrogen) atoms. The number of aldehydes is 1. The molecule has 1 aliphatic heterocycles. The predicted octanol–water partition coefficient (Wildman–Crippen LogP) is 5.53. The molecule has 170 valence electrons. The molecule has 0 amide bonds. The zero-order valence-corrected chi connectivity index (χ0v) is 19.3. The number of hydrogen-bond acceptors (Lipinski definition) is 4. The standard InChI is InChI=1S/C13H19N.C11H12FNO2.C2H6/c1-14-9-7-13(8-10-14)11-12-5-3-2-4-6-12;1-11(12,15)6-10(13)9-4-2-3-8(5-9)7-14;1-2/h2-6,13H,7-11H2,1H3;2-5,7,13,15H,6H2,1H3;1-2H3. The molecular weight excluding hydrogens is 391 g/mol. The van der Waals surface area contributed by atoms with Crippen molar-refractivity contribution in [3.8, 4) is 0 Å². The lowest BCUT2D eigenvalue weighted by Gasteiger charge is -2.28. The number of likely N-dealkylation sites (tertiary alicyclic amines) is 1. The fraction of sp³-hybridized carbons (Fsp3) is 0.462. The van der Waals surface area contributed by atoms with Crippen molar-refractivity contribution in [2.24, 2.45) is 5.92 Å². The van der Waals surface area contributed by atoms with Crippen LogP contribution in [0.4, 0.5) is 4.39 Å². The molecule has 0 saturated carbocycles. The van der Waals surface area contributed by atoms with Gasteiger partial charge in [0.25, 0.3) is 0 Å². The molecule has 3 rings (SSSR count). The molecule has 0 aromatic heterocycles. The van der Waals surface area contributed by atoms with Gasteiger partial charge in [-0.1, -0.05) is 62.4 Å². The first-order valence-corrected chi connectivity index (χ1v) is 11.0. The van der Waals surface area contributed by atoms with Gasteiger partial charge in [0, 0.05) is 17.7 Å². The topological polar surface area (TPSA) is 64.4 Å². The minimum Gasteiger partial charge on any atom is -0.362 e. The molecule has 1 atom stereocenters. The van der Waals surface area contributed by atoms with Crippen molar-refractivity contribution in [2.75, 3.05) is 20.1 Å². The Morgan fingerprint density at radius 1 is 1.16 bits per heavy atom. The second-order valence-corrected chi connectivity index (χ2v) is 7.98. The Hall–Kier alpha value is -2.37. The third kappa shape index (κ3) is 11.0. The number of carbonyl (C=O) groups is 1. The maximum absolute atomic E-state index is 12.9. The highest BCUT2D eigenvalue weighted by Gasteiger charge is 2.21. The van der Waals surface area contributed by atoms with Crippen LogP contribution < -0.4 is 0 Å². The van der Waals surface area contributed by atoms with Gasteiger partial charge in [-0.2, -0.15) is 0 Å². The van der Waals surface area contributed by atoms with Gasteiger partial charge in [-0.3, -0.25) is 4.79 Å². The summed E-state index contributed by atoms with van der Waals surface area (Å²) in [4.78, 5) is 12.9. The van der Waals surface area contributed by atoms with E-state index in [0.29, 0.717) is 17.4 Å². The van der Waals surface area contributed by atoms with E-state index < -0.39 is 12.3 Å². The van der Waals surface area contributed by atoms with Crippen molar-refractivity contribution in [1.29, 1.82) is 5.41 Å². The number of nitrogens with zero attached hydrogens (tertiary/aromatic N) is 1. The van der Waals surface area contributed by atoms with Crippen LogP contribution in [0.25, 0.3) is 0 Å². The first kappa shape index (κ1) is 26.7. The molecule has 4 nitrogen and oxygen atoms in total. The molecule has 2 aromatic rings. The van der Waals surface area contributed by atoms with E-state index in [9.17, 15) is 9.18 Å². The zero-order valence-electron chi connectivity index (χ0n) is 19.3. The molecule has 0 aliphatic carbocycles. The molecule has 1 aliphatic rings. The Morgan fingerprint density at radius 3 is 2.32 bits per heavy atom. The van der Waals surface area contributed by atoms with Crippen LogP contribution in [0.5, 0.6) is 0 Å². The fourth-order valence-corrected chi connectivity index (χ4v) is 3.44. The summed E-state index contributed by atoms with van der Waals surface area (Å²) in [5, 5.41) is 16.4. The monoisotopic (exact) mass is 428 g/mol. The van der Waals surface area contributed by atoms with Crippen LogP contribution in [-0.2, 0) is 6.42 Å². The van der Waals surface area contributed by atoms with Crippen LogP contribution in [0.1, 0.15) is 61.5 Å². The minimum atomic E-state index is -2.39. The van der Waals surface area contributed by atoms with Crippen molar-refractivity contribution in [2.45, 2.75) is 52.3 Å². The molecule has 1 fully saturated rings. The average Bonchev–Trinajstić information content (AvgIpc) is 2.77. The number of alkyl halides is 1. The van der Waals surface area contributed by atoms with Crippen molar-refractivity contribution >= 4 is 12.0 Å². The smallest absolute Gasteiger partial charge is 0.209 e. The van der Waals surface area contributed by atoms with Gasteiger partial charge < -0.3 is 15.4 Å². The second-order valence-electron chi connectivity index (χ2n) is 7.98. The van der Waals surface area contributed by atoms with Crippen LogP contribution in [-0.4, -0.2) is 48.0 Å². The number of carbonyl (C=O) groups excluding carboxylic acids is 1. The third-order valence-electron chi connectivity index (χ3n) is 5.08. The highest BCUT2D eigenvalue weighted by Crippen LogP contribution is 2.20. The molecule has 2 aromatic carbocycles. The summed E-state index contributed by atoms with van der Waals surface area (Å²) in [5.41, 5.74) is 2.33. The maximum Gasteiger partial charge on any atom is 0.209 e. The molecule has 2 N–H and O–H groups in total. The summed E-state index contributed by atoms with van der Waals surface area (Å²) in [6, 6.07) is 17.2. The van der Waals surface area contributed by atoms with Crippen LogP contribution in [0.2, 0.25) is 0 Å². The third-order valence-corrected chi connectivity index (χ3v) is 5.08. The largest absolute Gasteiger partial charge is 0.362 e. The maximum atomic E-state index is 12.9. The van der Waals surface area contributed by atoms with Gasteiger partial charge in [-0.25, -0.2) is 4.39 Å². The molecule has 0 spiro atoms. The van der Waals surface area contributed by atoms with E-state index in [1.165, 1.54) is 44.0 Å². The molecule has 5 heteroatoms. The minimum absolute atomic E-state index is 0.0359. The van der Waals surface area contributed by atoms with Gasteiger partial charge in [0.1, 0.15) is 6.29 Å². The Labute approximate surface area is 186 Å². The molecule has 0 bridgehead atoms. The number of aliphatic hydroxyl groups is 1. The van der Waals surface area contributed by atoms with E-state index >= 15 is 0 Å². The van der Waals surface area contributed by atoms with E-state index in [2.05, 4.69) is 42.3 Å². The lowest BCUT2D eigenvalue weighted by Crippen LogP contribution is -2.30. The van der Waals surface area contributed by atoms with E-state index in [1.807, 2.05) is 13.8 Å². The molecular formula is C26H37FN2O2. The van der Waals surface area contributed by atoms with Crippen molar-refractivity contribution < 1.29 is 14.3 Å². The summed E-state index contributed by atoms with van der Waals surface area (Å²) >= 11 is 0. The van der Waals surface area contributed by atoms with Gasteiger partial charge in [0.2, 0.25) is 5.85 Å². The fourth-order valence-electron chi connectivity index (χ4n) is 3.44. The van der Waals surface area contributed by atoms with Gasteiger partial charge in [-0.15, -0.1) is 0 Å². The van der Waals surface area contributed by atoms with Gasteiger partial charge in [0.05, 0.1) is 0 Å². The second kappa shape index (κ2) is 13.8. The van der Waals surface area contributed by atoms with E-state index in [0.717, 1.165) is 12.8 Å². The van der Waals surface area contributed by atoms with Gasteiger partial charge >= 0.3 is 0 Å². The number of piperidine rings is 1. The SMILES string of the molecule is CC.CC(O)(F)CC(=N)c1cccc(C=O)c1.CN1CCC(Cc2ccccc2)CC1. The molecule has 0 radical (unpaired) electrons. The number of halogens is 1. The Kier molecular flexibility index (Phi) is 11.9. The van der Waals surface area contributed by atoms with Crippen molar-refractivity contribution in [3.63, 3.8) is 0 Å². The summed E-state index contributed by atoms with van der Waals surface area (Å²) in [7, 11) is 2.22. The van der Waals surface area contributed by atoms with E-state index in [1.54, 1.807) is 18.2 Å². The van der Waals surface area contributed by atoms with Crippen LogP contribution in [0.3, 0.4) is 0 Å². The van der Waals surface area contributed by atoms with Crippen LogP contribution in [0, 0.1) is 11.3 Å². The number of hydrogen-bond donors (Lipinski definition) is 2. The van der Waals surface area contributed by atoms with Gasteiger partial charge in [0.15, 0.2) is 0 Å². The molecule has 1 unspecified atom stereocenters. The molecule has 1 heterocycles. The number of nitrogens with one attached hydrogen (secondary N) is 1. The van der Waals surface area contributed by atoms with Crippen molar-refractivity contribution in [3.05, 3.63) is 71.3 Å². The zero-order chi connectivity index (χ0) is 23.3. The summed E-state index contributed by atoms with van der Waals surface area (Å²) in [5.74, 6) is -1.48. The highest BCUT2D eigenvalue weighted by atomic mass is 19.2. The van der Waals surface area contributed by atoms with E-state index in [4.69, 9.17) is 10.5 Å². The Bertz CT molecular complexity index is 779. The Morgan fingerprint density at radius 2 is 1.77 bits per heavy atom. The number of rotatable bonds is 6. The summed E-state index contributed by atoms with van der Waals surface area (Å²) in [6.07, 6.45) is 4.27. The lowest BCUT2D eigenvalue weighted by molar-refractivity contribution is -0.0626. The molecule has 1 saturated heterocycles. The predicted molar refractivity (Wildman–Crippen MR) is 127 cm³/mol. The summed E-state index contributed by atoms with van der Waals surface area (Å²) in [6.45, 7) is 7.54. The van der Waals surface area contributed by atoms with Crippen LogP contribution in [0.15, 0.2) is 54.6 Å². The van der Waals surface area contributed by atoms with Crippen LogP contribution >= 0.6 is 0 Å². The average molecular weight is 429 g/mol. The van der Waals surface area contributed by atoms with Gasteiger partial charge in [-0.05, 0) is 69.4 Å². The first-order chi connectivity index (χ1) is 14.8. The normalized spacial score (nSPS) is 16.1. The van der Waals surface area contributed by atoms with E-state index in [-0.39, 0.29) is 5.71 Å². The lowest BCUT2D eigenvalue weighted by atomic mass is 9.90. The quantitative estimate of drug-likeness (QED) is 0.469. The number of benzene rings is 2. The Balaban J connectivity index is 0.000000287. The first-order valence-electron chi connectivity index (χ1n) is 11.0.